The first kappa shape index (κ1) is 15.3. The minimum Gasteiger partial charge on any atom is -0.353 e. The van der Waals surface area contributed by atoms with Crippen molar-refractivity contribution in [3.8, 4) is 0 Å². The molecule has 0 bridgehead atoms. The van der Waals surface area contributed by atoms with Crippen molar-refractivity contribution >= 4 is 27.9 Å². The fourth-order valence-corrected chi connectivity index (χ4v) is 1.59. The molecule has 0 saturated carbocycles. The van der Waals surface area contributed by atoms with E-state index >= 15 is 0 Å². The first-order valence-electron chi connectivity index (χ1n) is 5.40. The smallest absolute Gasteiger partial charge is 0.243 e. The molecule has 1 aromatic rings. The number of hydrogen-bond acceptors (Lipinski definition) is 9. The fourth-order valence-electron chi connectivity index (χ4n) is 1.12. The number of nitrogen functional groups attached to an aromatic ring is 1. The fraction of sp³-hybridized carbons (Fsp3) is 0.625. The maximum Gasteiger partial charge on any atom is 0.243 e. The first-order valence-corrected chi connectivity index (χ1v) is 7.29. The molecular weight excluding hydrogens is 272 g/mol. The summed E-state index contributed by atoms with van der Waals surface area (Å²) < 4.78 is 24.1. The van der Waals surface area contributed by atoms with Crippen LogP contribution in [0.15, 0.2) is 0 Å². The lowest BCUT2D eigenvalue weighted by molar-refractivity contribution is 0.589. The quantitative estimate of drug-likeness (QED) is 0.260. The van der Waals surface area contributed by atoms with E-state index in [2.05, 4.69) is 30.4 Å². The Bertz CT molecular complexity index is 517. The van der Waals surface area contributed by atoms with Crippen molar-refractivity contribution < 1.29 is 8.42 Å². The molecule has 0 spiro atoms. The Morgan fingerprint density at radius 3 is 2.32 bits per heavy atom. The van der Waals surface area contributed by atoms with Gasteiger partial charge in [0.15, 0.2) is 0 Å². The van der Waals surface area contributed by atoms with E-state index in [1.54, 1.807) is 19.0 Å². The summed E-state index contributed by atoms with van der Waals surface area (Å²) in [5.41, 5.74) is 2.34. The third kappa shape index (κ3) is 5.63. The second-order valence-corrected chi connectivity index (χ2v) is 5.75. The summed E-state index contributed by atoms with van der Waals surface area (Å²) in [7, 11) is 0.368. The van der Waals surface area contributed by atoms with Gasteiger partial charge in [0, 0.05) is 27.2 Å². The first-order chi connectivity index (χ1) is 8.81. The van der Waals surface area contributed by atoms with Gasteiger partial charge in [-0.1, -0.05) is 0 Å². The summed E-state index contributed by atoms with van der Waals surface area (Å²) >= 11 is 0. The van der Waals surface area contributed by atoms with Crippen molar-refractivity contribution in [1.29, 1.82) is 0 Å². The number of nitrogens with one attached hydrogen (secondary N) is 3. The molecule has 19 heavy (non-hydrogen) atoms. The summed E-state index contributed by atoms with van der Waals surface area (Å²) in [4.78, 5) is 13.9. The maximum absolute atomic E-state index is 10.9. The monoisotopic (exact) mass is 290 g/mol. The van der Waals surface area contributed by atoms with Crippen molar-refractivity contribution in [3.63, 3.8) is 0 Å². The van der Waals surface area contributed by atoms with Gasteiger partial charge in [-0.25, -0.2) is 19.0 Å². The number of hydrazine groups is 1. The average molecular weight is 290 g/mol. The Hall–Kier alpha value is -1.72. The van der Waals surface area contributed by atoms with E-state index in [0.717, 1.165) is 6.26 Å². The minimum atomic E-state index is -3.20. The molecule has 0 saturated heterocycles. The van der Waals surface area contributed by atoms with Gasteiger partial charge in [-0.05, 0) is 0 Å². The van der Waals surface area contributed by atoms with Crippen LogP contribution in [0.1, 0.15) is 0 Å². The van der Waals surface area contributed by atoms with Crippen LogP contribution < -0.4 is 26.2 Å². The van der Waals surface area contributed by atoms with Gasteiger partial charge in [0.2, 0.25) is 27.9 Å². The molecule has 0 aliphatic carbocycles. The lowest BCUT2D eigenvalue weighted by Crippen LogP contribution is -2.28. The van der Waals surface area contributed by atoms with Crippen LogP contribution in [0.5, 0.6) is 0 Å². The van der Waals surface area contributed by atoms with Gasteiger partial charge in [-0.2, -0.15) is 15.0 Å². The molecule has 1 rings (SSSR count). The van der Waals surface area contributed by atoms with Crippen LogP contribution in [0.4, 0.5) is 17.8 Å². The van der Waals surface area contributed by atoms with Gasteiger partial charge in [-0.3, -0.25) is 5.43 Å². The summed E-state index contributed by atoms with van der Waals surface area (Å²) in [6, 6.07) is 0. The van der Waals surface area contributed by atoms with Gasteiger partial charge in [0.25, 0.3) is 0 Å². The predicted octanol–water partition coefficient (Wildman–Crippen LogP) is -1.82. The van der Waals surface area contributed by atoms with E-state index in [0.29, 0.717) is 18.4 Å². The topological polar surface area (TPSA) is 138 Å². The van der Waals surface area contributed by atoms with Crippen molar-refractivity contribution in [2.75, 3.05) is 49.1 Å². The summed E-state index contributed by atoms with van der Waals surface area (Å²) in [6.07, 6.45) is 1.09. The SMILES string of the molecule is CN(C)c1nc(NN)nc(NCCNS(C)(=O)=O)n1. The lowest BCUT2D eigenvalue weighted by atomic mass is 10.6. The lowest BCUT2D eigenvalue weighted by Gasteiger charge is -2.13. The van der Waals surface area contributed by atoms with E-state index in [1.807, 2.05) is 0 Å². The van der Waals surface area contributed by atoms with Gasteiger partial charge in [0.05, 0.1) is 6.26 Å². The third-order valence-electron chi connectivity index (χ3n) is 1.93. The number of rotatable bonds is 7. The number of nitrogens with two attached hydrogens (primary N) is 1. The highest BCUT2D eigenvalue weighted by Crippen LogP contribution is 2.09. The second-order valence-electron chi connectivity index (χ2n) is 3.91. The maximum atomic E-state index is 10.9. The van der Waals surface area contributed by atoms with Crippen molar-refractivity contribution in [1.82, 2.24) is 19.7 Å². The zero-order chi connectivity index (χ0) is 14.5. The zero-order valence-electron chi connectivity index (χ0n) is 11.0. The molecule has 1 heterocycles. The van der Waals surface area contributed by atoms with Crippen LogP contribution in [-0.4, -0.2) is 56.8 Å². The van der Waals surface area contributed by atoms with Crippen LogP contribution >= 0.6 is 0 Å². The van der Waals surface area contributed by atoms with Gasteiger partial charge in [0.1, 0.15) is 0 Å². The highest BCUT2D eigenvalue weighted by Gasteiger charge is 2.07. The molecule has 0 aliphatic rings. The molecule has 0 radical (unpaired) electrons. The summed E-state index contributed by atoms with van der Waals surface area (Å²) in [6.45, 7) is 0.571. The number of aromatic nitrogens is 3. The Morgan fingerprint density at radius 1 is 1.16 bits per heavy atom. The molecule has 108 valence electrons. The standard InChI is InChI=1S/C8H18N8O2S/c1-16(2)8-13-6(12-7(14-8)15-9)10-4-5-11-19(3,17)18/h11H,4-5,9H2,1-3H3,(H2,10,12,13,14,15). The number of sulfonamides is 1. The molecule has 1 aromatic heterocycles. The minimum absolute atomic E-state index is 0.220. The second kappa shape index (κ2) is 6.45. The Kier molecular flexibility index (Phi) is 5.20. The van der Waals surface area contributed by atoms with E-state index < -0.39 is 10.0 Å². The van der Waals surface area contributed by atoms with Crippen LogP contribution in [0.2, 0.25) is 0 Å². The molecule has 0 aliphatic heterocycles. The molecular formula is C8H18N8O2S. The molecule has 0 fully saturated rings. The van der Waals surface area contributed by atoms with E-state index in [4.69, 9.17) is 5.84 Å². The molecule has 5 N–H and O–H groups in total. The number of nitrogens with zero attached hydrogens (tertiary/aromatic N) is 4. The van der Waals surface area contributed by atoms with Gasteiger partial charge < -0.3 is 10.2 Å². The van der Waals surface area contributed by atoms with Crippen molar-refractivity contribution in [2.24, 2.45) is 5.84 Å². The average Bonchev–Trinajstić information content (AvgIpc) is 2.33. The van der Waals surface area contributed by atoms with Crippen LogP contribution in [0, 0.1) is 0 Å². The largest absolute Gasteiger partial charge is 0.353 e. The highest BCUT2D eigenvalue weighted by atomic mass is 32.2. The predicted molar refractivity (Wildman–Crippen MR) is 73.3 cm³/mol. The summed E-state index contributed by atoms with van der Waals surface area (Å²) in [5.74, 6) is 6.22. The normalized spacial score (nSPS) is 11.2. The van der Waals surface area contributed by atoms with E-state index in [-0.39, 0.29) is 12.5 Å². The van der Waals surface area contributed by atoms with E-state index in [9.17, 15) is 8.42 Å². The third-order valence-corrected chi connectivity index (χ3v) is 2.65. The number of anilines is 3. The van der Waals surface area contributed by atoms with Crippen LogP contribution in [0.25, 0.3) is 0 Å². The van der Waals surface area contributed by atoms with Crippen molar-refractivity contribution in [3.05, 3.63) is 0 Å². The molecule has 0 amide bonds. The van der Waals surface area contributed by atoms with E-state index in [1.165, 1.54) is 0 Å². The van der Waals surface area contributed by atoms with Gasteiger partial charge in [-0.15, -0.1) is 0 Å². The Morgan fingerprint density at radius 2 is 1.79 bits per heavy atom. The van der Waals surface area contributed by atoms with Crippen LogP contribution in [0.3, 0.4) is 0 Å². The Balaban J connectivity index is 2.65. The Labute approximate surface area is 111 Å². The highest BCUT2D eigenvalue weighted by molar-refractivity contribution is 7.88. The zero-order valence-corrected chi connectivity index (χ0v) is 11.8. The molecule has 0 aromatic carbocycles. The van der Waals surface area contributed by atoms with Crippen LogP contribution in [-0.2, 0) is 10.0 Å². The van der Waals surface area contributed by atoms with Crippen molar-refractivity contribution in [2.45, 2.75) is 0 Å². The molecule has 0 atom stereocenters. The van der Waals surface area contributed by atoms with Gasteiger partial charge >= 0.3 is 0 Å². The molecule has 11 heteroatoms. The number of hydrogen-bond donors (Lipinski definition) is 4. The molecule has 0 unspecified atom stereocenters. The summed E-state index contributed by atoms with van der Waals surface area (Å²) in [5, 5.41) is 2.88. The molecule has 10 nitrogen and oxygen atoms in total.